The second kappa shape index (κ2) is 10.2. The maximum atomic E-state index is 11.4. The fourth-order valence-corrected chi connectivity index (χ4v) is 3.85. The first-order valence-electron chi connectivity index (χ1n) is 9.72. The van der Waals surface area contributed by atoms with Crippen LogP contribution in [0.3, 0.4) is 0 Å². The molecule has 0 aliphatic carbocycles. The lowest BCUT2D eigenvalue weighted by Crippen LogP contribution is -2.47. The minimum Gasteiger partial charge on any atom is -0.750 e. The number of hydrogen-bond donors (Lipinski definition) is 1. The van der Waals surface area contributed by atoms with Gasteiger partial charge in [0.1, 0.15) is 11.7 Å². The van der Waals surface area contributed by atoms with Crippen LogP contribution in [0, 0.1) is 0 Å². The number of hydrogen-bond acceptors (Lipinski definition) is 6. The molecule has 0 bridgehead atoms. The SMILES string of the molecule is C=C(N[C@H](CO[Si](C)(C)C(C)(C)C)[C@H](OS(=O)[O-])c1ccccc1)OC(C)(C)C. The molecule has 1 aromatic carbocycles. The molecule has 0 saturated heterocycles. The van der Waals surface area contributed by atoms with E-state index in [1.807, 2.05) is 51.1 Å². The van der Waals surface area contributed by atoms with Crippen LogP contribution in [0.2, 0.25) is 18.1 Å². The average molecular weight is 443 g/mol. The summed E-state index contributed by atoms with van der Waals surface area (Å²) >= 11 is -2.70. The fourth-order valence-electron chi connectivity index (χ4n) is 2.41. The maximum absolute atomic E-state index is 11.4. The van der Waals surface area contributed by atoms with Gasteiger partial charge in [-0.3, -0.25) is 4.18 Å². The van der Waals surface area contributed by atoms with E-state index in [1.54, 1.807) is 0 Å². The van der Waals surface area contributed by atoms with Crippen molar-refractivity contribution in [2.24, 2.45) is 0 Å². The van der Waals surface area contributed by atoms with Crippen LogP contribution in [-0.4, -0.2) is 35.3 Å². The lowest BCUT2D eigenvalue weighted by atomic mass is 10.0. The van der Waals surface area contributed by atoms with Gasteiger partial charge in [-0.05, 0) is 51.0 Å². The van der Waals surface area contributed by atoms with Crippen LogP contribution in [0.1, 0.15) is 53.2 Å². The summed E-state index contributed by atoms with van der Waals surface area (Å²) in [6, 6.07) is 8.68. The molecule has 166 valence electrons. The van der Waals surface area contributed by atoms with Crippen molar-refractivity contribution in [1.29, 1.82) is 0 Å². The van der Waals surface area contributed by atoms with Gasteiger partial charge in [-0.2, -0.15) is 0 Å². The molecule has 0 saturated carbocycles. The van der Waals surface area contributed by atoms with Crippen molar-refractivity contribution in [2.75, 3.05) is 6.61 Å². The predicted molar refractivity (Wildman–Crippen MR) is 119 cm³/mol. The zero-order valence-electron chi connectivity index (χ0n) is 18.9. The van der Waals surface area contributed by atoms with Crippen molar-refractivity contribution in [3.63, 3.8) is 0 Å². The highest BCUT2D eigenvalue weighted by atomic mass is 32.2. The first kappa shape index (κ1) is 25.8. The highest BCUT2D eigenvalue weighted by Gasteiger charge is 2.39. The third-order valence-electron chi connectivity index (χ3n) is 4.88. The molecular formula is C21H36NO5SSi-. The highest BCUT2D eigenvalue weighted by Crippen LogP contribution is 2.37. The summed E-state index contributed by atoms with van der Waals surface area (Å²) in [5.41, 5.74) is 0.274. The molecule has 1 aromatic rings. The summed E-state index contributed by atoms with van der Waals surface area (Å²) in [6.45, 7) is 20.7. The second-order valence-corrected chi connectivity index (χ2v) is 15.0. The largest absolute Gasteiger partial charge is 0.750 e. The van der Waals surface area contributed by atoms with E-state index in [0.717, 1.165) is 5.56 Å². The predicted octanol–water partition coefficient (Wildman–Crippen LogP) is 4.80. The molecule has 0 fully saturated rings. The highest BCUT2D eigenvalue weighted by molar-refractivity contribution is 7.74. The topological polar surface area (TPSA) is 79.9 Å². The normalized spacial score (nSPS) is 16.0. The molecule has 6 nitrogen and oxygen atoms in total. The number of nitrogens with one attached hydrogen (secondary N) is 1. The van der Waals surface area contributed by atoms with Crippen LogP contribution >= 0.6 is 0 Å². The summed E-state index contributed by atoms with van der Waals surface area (Å²) in [7, 11) is -2.07. The molecule has 29 heavy (non-hydrogen) atoms. The average Bonchev–Trinajstić information content (AvgIpc) is 2.54. The number of ether oxygens (including phenoxy) is 1. The van der Waals surface area contributed by atoms with Gasteiger partial charge in [-0.1, -0.05) is 51.1 Å². The Morgan fingerprint density at radius 1 is 1.17 bits per heavy atom. The monoisotopic (exact) mass is 442 g/mol. The van der Waals surface area contributed by atoms with Crippen LogP contribution in [0.25, 0.3) is 0 Å². The molecule has 0 aliphatic rings. The van der Waals surface area contributed by atoms with Crippen LogP contribution < -0.4 is 5.32 Å². The first-order valence-corrected chi connectivity index (χ1v) is 13.6. The summed E-state index contributed by atoms with van der Waals surface area (Å²) < 4.78 is 40.3. The standard InChI is InChI=1S/C21H37NO5SSi/c1-16(26-20(2,3)4)22-18(15-25-29(8,9)21(5,6)7)19(27-28(23)24)17-13-11-10-12-14-17/h10-14,18-19,22H,1,15H2,2-9H3,(H,23,24)/p-1/t18-,19-/m1/s1. The van der Waals surface area contributed by atoms with Crippen molar-refractivity contribution >= 4 is 19.7 Å². The Balaban J connectivity index is 3.17. The minimum atomic E-state index is -2.70. The smallest absolute Gasteiger partial charge is 0.192 e. The van der Waals surface area contributed by atoms with Gasteiger partial charge in [0.25, 0.3) is 0 Å². The molecular weight excluding hydrogens is 406 g/mol. The van der Waals surface area contributed by atoms with Gasteiger partial charge >= 0.3 is 0 Å². The van der Waals surface area contributed by atoms with Gasteiger partial charge in [0.15, 0.2) is 14.2 Å². The fraction of sp³-hybridized carbons (Fsp3) is 0.619. The van der Waals surface area contributed by atoms with E-state index in [2.05, 4.69) is 45.8 Å². The van der Waals surface area contributed by atoms with E-state index < -0.39 is 37.4 Å². The van der Waals surface area contributed by atoms with Crippen molar-refractivity contribution in [1.82, 2.24) is 5.32 Å². The summed E-state index contributed by atoms with van der Waals surface area (Å²) in [4.78, 5) is 0. The second-order valence-electron chi connectivity index (χ2n) is 9.59. The molecule has 0 aromatic heterocycles. The molecule has 0 aliphatic heterocycles. The Labute approximate surface area is 179 Å². The summed E-state index contributed by atoms with van der Waals surface area (Å²) in [5, 5.41) is 3.20. The third-order valence-corrected chi connectivity index (χ3v) is 9.75. The Kier molecular flexibility index (Phi) is 9.10. The van der Waals surface area contributed by atoms with E-state index >= 15 is 0 Å². The van der Waals surface area contributed by atoms with E-state index in [4.69, 9.17) is 13.3 Å². The van der Waals surface area contributed by atoms with Crippen LogP contribution in [0.4, 0.5) is 0 Å². The quantitative estimate of drug-likeness (QED) is 0.318. The van der Waals surface area contributed by atoms with Crippen molar-refractivity contribution in [3.8, 4) is 0 Å². The van der Waals surface area contributed by atoms with Gasteiger partial charge in [0, 0.05) is 0 Å². The maximum Gasteiger partial charge on any atom is 0.192 e. The molecule has 1 rings (SSSR count). The van der Waals surface area contributed by atoms with Crippen molar-refractivity contribution in [3.05, 3.63) is 48.4 Å². The van der Waals surface area contributed by atoms with E-state index in [1.165, 1.54) is 0 Å². The van der Waals surface area contributed by atoms with E-state index in [9.17, 15) is 8.76 Å². The number of benzene rings is 1. The van der Waals surface area contributed by atoms with Crippen LogP contribution in [-0.2, 0) is 24.7 Å². The molecule has 8 heteroatoms. The van der Waals surface area contributed by atoms with Gasteiger partial charge in [0.2, 0.25) is 0 Å². The molecule has 0 radical (unpaired) electrons. The zero-order chi connectivity index (χ0) is 22.5. The van der Waals surface area contributed by atoms with Crippen LogP contribution in [0.15, 0.2) is 42.8 Å². The van der Waals surface area contributed by atoms with Gasteiger partial charge in [0.05, 0.1) is 24.0 Å². The van der Waals surface area contributed by atoms with Crippen LogP contribution in [0.5, 0.6) is 0 Å². The van der Waals surface area contributed by atoms with Crippen molar-refractivity contribution in [2.45, 2.75) is 77.4 Å². The lowest BCUT2D eigenvalue weighted by molar-refractivity contribution is 0.0257. The van der Waals surface area contributed by atoms with Crippen molar-refractivity contribution < 1.29 is 22.1 Å². The summed E-state index contributed by atoms with van der Waals surface area (Å²) in [5.74, 6) is 0.336. The third kappa shape index (κ3) is 9.00. The van der Waals surface area contributed by atoms with Gasteiger partial charge in [-0.25, -0.2) is 4.21 Å². The molecule has 1 N–H and O–H groups in total. The molecule has 3 atom stereocenters. The zero-order valence-corrected chi connectivity index (χ0v) is 20.7. The minimum absolute atomic E-state index is 0.0148. The van der Waals surface area contributed by atoms with E-state index in [-0.39, 0.29) is 11.6 Å². The molecule has 1 unspecified atom stereocenters. The Morgan fingerprint density at radius 2 is 1.72 bits per heavy atom. The summed E-state index contributed by atoms with van der Waals surface area (Å²) in [6.07, 6.45) is -0.792. The lowest BCUT2D eigenvalue weighted by Gasteiger charge is -2.39. The Hall–Kier alpha value is -1.19. The molecule has 0 spiro atoms. The molecule has 0 amide bonds. The first-order chi connectivity index (χ1) is 13.1. The Morgan fingerprint density at radius 3 is 2.17 bits per heavy atom. The Bertz CT molecular complexity index is 683. The number of rotatable bonds is 10. The van der Waals surface area contributed by atoms with Gasteiger partial charge in [-0.15, -0.1) is 0 Å². The molecule has 0 heterocycles. The van der Waals surface area contributed by atoms with E-state index in [0.29, 0.717) is 5.88 Å². The van der Waals surface area contributed by atoms with Gasteiger partial charge < -0.3 is 19.0 Å².